The summed E-state index contributed by atoms with van der Waals surface area (Å²) in [4.78, 5) is 101. The van der Waals surface area contributed by atoms with Crippen LogP contribution >= 0.6 is 0 Å². The molecular weight excluding hydrogens is 1700 g/mol. The zero-order valence-electron chi connectivity index (χ0n) is 77.4. The lowest BCUT2D eigenvalue weighted by Gasteiger charge is -2.39. The molecule has 8 unspecified atom stereocenters. The average Bonchev–Trinajstić information content (AvgIpc) is 1.33. The van der Waals surface area contributed by atoms with Crippen molar-refractivity contribution in [1.82, 2.24) is 40.0 Å². The maximum absolute atomic E-state index is 12.8. The highest BCUT2D eigenvalue weighted by molar-refractivity contribution is 6.24. The SMILES string of the molecule is C=C(c1ccc(C2C3=NCC(=O)c4cccc(c43)NC2c2ccccc2)cc1)N1CCN(C(=O)C2CC2)CC1.C=C(c1cccc(C2C3=NCC(=O)c4cccc(c43)NC2c2ccccc2)c1)N1CCN(C(=O)C2CC2)CC1.CN(C)Cc1cccc(C2C3=NCC(=O)c4cccc(c43)NC2c2ccccc2)c1.CNCc1cccc(C2Nc3cccc4c(=O)[nH]nc(c34)C2c2ccccc2)c1. The number of H-pyrrole nitrogens is 1. The summed E-state index contributed by atoms with van der Waals surface area (Å²) in [5.41, 5.74) is 28.9. The van der Waals surface area contributed by atoms with E-state index in [1.165, 1.54) is 44.5 Å². The molecule has 1 aromatic heterocycles. The van der Waals surface area contributed by atoms with Crippen molar-refractivity contribution < 1.29 is 24.0 Å². The van der Waals surface area contributed by atoms with E-state index >= 15 is 0 Å². The van der Waals surface area contributed by atoms with E-state index in [0.29, 0.717) is 17.2 Å². The van der Waals surface area contributed by atoms with Gasteiger partial charge in [0.15, 0.2) is 17.3 Å². The fourth-order valence-corrected chi connectivity index (χ4v) is 21.7. The monoisotopic (exact) mass is 1810 g/mol. The van der Waals surface area contributed by atoms with E-state index in [-0.39, 0.29) is 102 Å². The van der Waals surface area contributed by atoms with Gasteiger partial charge in [-0.05, 0) is 150 Å². The van der Waals surface area contributed by atoms with Crippen molar-refractivity contribution in [2.75, 3.05) is 114 Å². The van der Waals surface area contributed by atoms with E-state index in [2.05, 4.69) is 267 Å². The van der Waals surface area contributed by atoms with Gasteiger partial charge in [0, 0.05) is 150 Å². The summed E-state index contributed by atoms with van der Waals surface area (Å²) in [6, 6.07) is 100. The van der Waals surface area contributed by atoms with E-state index in [0.717, 1.165) is 209 Å². The van der Waals surface area contributed by atoms with Crippen molar-refractivity contribution >= 4 is 91.2 Å². The number of aliphatic imine (C=N–C) groups is 3. The van der Waals surface area contributed by atoms with Crippen LogP contribution in [-0.4, -0.2) is 174 Å². The number of hydrogen-bond acceptors (Lipinski definition) is 18. The molecule has 8 atom stereocenters. The fraction of sp³-hybridized carbons (Fsp3) is 0.259. The molecule has 9 aliphatic heterocycles. The van der Waals surface area contributed by atoms with Crippen molar-refractivity contribution in [3.63, 3.8) is 0 Å². The lowest BCUT2D eigenvalue weighted by atomic mass is 9.75. The first-order valence-corrected chi connectivity index (χ1v) is 48.1. The minimum Gasteiger partial charge on any atom is -0.377 e. The lowest BCUT2D eigenvalue weighted by Crippen LogP contribution is -2.48. The first kappa shape index (κ1) is 88.5. The van der Waals surface area contributed by atoms with Gasteiger partial charge in [0.05, 0.1) is 76.1 Å². The molecule has 6 N–H and O–H groups in total. The van der Waals surface area contributed by atoms with Gasteiger partial charge in [-0.3, -0.25) is 43.7 Å². The van der Waals surface area contributed by atoms with Crippen LogP contribution < -0.4 is 32.1 Å². The van der Waals surface area contributed by atoms with E-state index in [4.69, 9.17) is 15.0 Å². The van der Waals surface area contributed by atoms with Gasteiger partial charge in [-0.25, -0.2) is 5.10 Å². The predicted octanol–water partition coefficient (Wildman–Crippen LogP) is 18.9. The molecule has 2 amide bonds. The predicted molar refractivity (Wildman–Crippen MR) is 546 cm³/mol. The second kappa shape index (κ2) is 38.4. The molecule has 686 valence electrons. The Kier molecular flexibility index (Phi) is 24.8. The van der Waals surface area contributed by atoms with Crippen LogP contribution in [0.4, 0.5) is 22.7 Å². The molecule has 24 rings (SSSR count). The third-order valence-corrected chi connectivity index (χ3v) is 28.8. The zero-order chi connectivity index (χ0) is 93.5. The van der Waals surface area contributed by atoms with Crippen LogP contribution in [0.25, 0.3) is 22.2 Å². The van der Waals surface area contributed by atoms with E-state index in [1.807, 2.05) is 120 Å². The lowest BCUT2D eigenvalue weighted by molar-refractivity contribution is -0.134. The van der Waals surface area contributed by atoms with Crippen molar-refractivity contribution in [2.24, 2.45) is 26.8 Å². The van der Waals surface area contributed by atoms with Gasteiger partial charge in [-0.1, -0.05) is 268 Å². The van der Waals surface area contributed by atoms with Gasteiger partial charge >= 0.3 is 0 Å². The Balaban J connectivity index is 0.000000110. The number of Topliss-reactive ketones (excluding diaryl/α,β-unsaturated/α-hetero) is 3. The van der Waals surface area contributed by atoms with Gasteiger partial charge in [0.1, 0.15) is 19.6 Å². The number of nitrogens with zero attached hydrogens (tertiary/aromatic N) is 9. The van der Waals surface area contributed by atoms with E-state index < -0.39 is 0 Å². The van der Waals surface area contributed by atoms with Crippen LogP contribution in [0.5, 0.6) is 0 Å². The number of anilines is 4. The Morgan fingerprint density at radius 3 is 1.20 bits per heavy atom. The first-order valence-electron chi connectivity index (χ1n) is 48.1. The molecular formula is C116H111N15O6. The summed E-state index contributed by atoms with van der Waals surface area (Å²) < 4.78 is 0. The molecule has 2 aliphatic carbocycles. The summed E-state index contributed by atoms with van der Waals surface area (Å²) in [5, 5.41) is 27.0. The number of aromatic amines is 1. The maximum Gasteiger partial charge on any atom is 0.272 e. The highest BCUT2D eigenvalue weighted by atomic mass is 16.2. The van der Waals surface area contributed by atoms with Crippen LogP contribution in [0.2, 0.25) is 0 Å². The number of rotatable bonds is 18. The number of carbonyl (C=O) groups excluding carboxylic acids is 5. The third kappa shape index (κ3) is 17.8. The maximum atomic E-state index is 12.8. The van der Waals surface area contributed by atoms with E-state index in [9.17, 15) is 28.8 Å². The van der Waals surface area contributed by atoms with Gasteiger partial charge in [0.25, 0.3) is 5.56 Å². The second-order valence-corrected chi connectivity index (χ2v) is 37.8. The summed E-state index contributed by atoms with van der Waals surface area (Å²) in [7, 11) is 6.12. The average molecular weight is 1810 g/mol. The van der Waals surface area contributed by atoms with Crippen molar-refractivity contribution in [3.8, 4) is 0 Å². The molecule has 10 heterocycles. The Morgan fingerprint density at radius 2 is 0.737 bits per heavy atom. The normalized spacial score (nSPS) is 20.7. The molecule has 13 aromatic rings. The van der Waals surface area contributed by atoms with Gasteiger partial charge in [-0.15, -0.1) is 0 Å². The van der Waals surface area contributed by atoms with Gasteiger partial charge in [-0.2, -0.15) is 5.10 Å². The largest absolute Gasteiger partial charge is 0.377 e. The number of carbonyl (C=O) groups is 5. The van der Waals surface area contributed by atoms with Crippen LogP contribution in [0.15, 0.2) is 324 Å². The minimum atomic E-state index is -0.159. The molecule has 11 aliphatic rings. The van der Waals surface area contributed by atoms with Crippen molar-refractivity contribution in [1.29, 1.82) is 0 Å². The molecule has 21 heteroatoms. The second-order valence-electron chi connectivity index (χ2n) is 37.8. The number of ketones is 3. The molecule has 4 fully saturated rings. The van der Waals surface area contributed by atoms with Gasteiger partial charge < -0.3 is 51.1 Å². The molecule has 2 saturated carbocycles. The first-order chi connectivity index (χ1) is 67.0. The number of benzene rings is 12. The molecule has 12 aromatic carbocycles. The summed E-state index contributed by atoms with van der Waals surface area (Å²) in [6.45, 7) is 17.4. The highest BCUT2D eigenvalue weighted by Crippen LogP contribution is 2.52. The third-order valence-electron chi connectivity index (χ3n) is 28.8. The summed E-state index contributed by atoms with van der Waals surface area (Å²) >= 11 is 0. The fourth-order valence-electron chi connectivity index (χ4n) is 21.7. The molecule has 0 bridgehead atoms. The Hall–Kier alpha value is -15.1. The zero-order valence-corrected chi connectivity index (χ0v) is 77.4. The quantitative estimate of drug-likeness (QED) is 0.0468. The number of aromatic nitrogens is 2. The van der Waals surface area contributed by atoms with Crippen LogP contribution in [0, 0.1) is 11.8 Å². The standard InChI is InChI=1S/2C33H32N4O2.C26H25N3O.C24H22N4O/c1-21(36-15-17-37(18-16-36)33(39)23-13-14-23)24-9-5-10-25(19-24)29-31(22-7-3-2-4-8-22)35-27-12-6-11-26-28(38)20-34-32(29)30(26)27;1-21(36-16-18-37(19-17-36)33(39)25-14-15-25)22-10-12-23(13-11-22)29-31(24-6-3-2-4-7-24)35-27-9-5-8-26-28(38)20-34-32(29)30(26)27;1-29(2)16-17-8-6-11-19(14-17)23-25(18-9-4-3-5-10-18)28-21-13-7-12-20-22(30)15-27-26(23)24(20)21;1-25-14-15-7-5-10-17(13-15)22-20(16-8-3-2-4-9-16)23-21-18(24(29)28-27-23)11-6-12-19(21)26-22/h2-12,19,23,29,31,35H,1,13-18,20H2;2-13,25,29,31,35H,1,14-20H2;3-14,23,25,28H,15-16H2,1-2H3;2-13,20,22,25-26H,14H2,1H3,(H,28,29). The summed E-state index contributed by atoms with van der Waals surface area (Å²) in [6.07, 6.45) is 4.19. The Labute approximate surface area is 798 Å². The minimum absolute atomic E-state index is 0.00529. The molecule has 0 radical (unpaired) electrons. The molecule has 137 heavy (non-hydrogen) atoms. The highest BCUT2D eigenvalue weighted by Gasteiger charge is 2.45. The van der Waals surface area contributed by atoms with E-state index in [1.54, 1.807) is 0 Å². The van der Waals surface area contributed by atoms with Crippen LogP contribution in [-0.2, 0) is 22.7 Å². The molecule has 2 saturated heterocycles. The Morgan fingerprint density at radius 1 is 0.372 bits per heavy atom. The number of amides is 2. The smallest absolute Gasteiger partial charge is 0.272 e. The topological polar surface area (TPSA) is 245 Å². The van der Waals surface area contributed by atoms with Crippen molar-refractivity contribution in [2.45, 2.75) is 86.6 Å². The van der Waals surface area contributed by atoms with Crippen LogP contribution in [0.1, 0.15) is 194 Å². The van der Waals surface area contributed by atoms with Crippen molar-refractivity contribution in [3.05, 3.63) is 421 Å². The number of piperazine rings is 2. The molecule has 0 spiro atoms. The number of hydrogen-bond donors (Lipinski definition) is 6. The summed E-state index contributed by atoms with van der Waals surface area (Å²) in [5.74, 6) is 1.35. The molecule has 21 nitrogen and oxygen atoms in total. The Bertz CT molecular complexity index is 7010. The van der Waals surface area contributed by atoms with Gasteiger partial charge in [0.2, 0.25) is 11.8 Å². The number of nitrogens with one attached hydrogen (secondary N) is 6. The van der Waals surface area contributed by atoms with Crippen LogP contribution in [0.3, 0.4) is 0 Å².